The van der Waals surface area contributed by atoms with Crippen LogP contribution in [0.3, 0.4) is 0 Å². The van der Waals surface area contributed by atoms with Crippen LogP contribution in [0.4, 0.5) is 0 Å². The Hall–Kier alpha value is -0.840. The van der Waals surface area contributed by atoms with Crippen LogP contribution in [0.25, 0.3) is 0 Å². The highest BCUT2D eigenvalue weighted by Crippen LogP contribution is 1.92. The first-order valence-electron chi connectivity index (χ1n) is 2.25. The molecule has 0 aromatic carbocycles. The van der Waals surface area contributed by atoms with Gasteiger partial charge in [-0.15, -0.1) is 0 Å². The molecule has 2 heteroatoms. The normalized spacial score (nSPS) is 12.0. The molecule has 0 saturated heterocycles. The predicted octanol–water partition coefficient (Wildman–Crippen LogP) is 1.19. The summed E-state index contributed by atoms with van der Waals surface area (Å²) in [5, 5.41) is 14.7. The third-order valence-electron chi connectivity index (χ3n) is 0.807. The summed E-state index contributed by atoms with van der Waals surface area (Å²) in [5.41, 5.74) is 0. The standard InChI is InChI=1S/C5H8N2/c1-2-5(3-6)4-7/h3,5-6H,2H2,1H3. The molecule has 0 aromatic heterocycles. The lowest BCUT2D eigenvalue weighted by atomic mass is 10.1. The SMILES string of the molecule is CCC(C#N)C=N. The van der Waals surface area contributed by atoms with Crippen LogP contribution < -0.4 is 0 Å². The van der Waals surface area contributed by atoms with E-state index >= 15 is 0 Å². The molecule has 1 unspecified atom stereocenters. The number of nitrogens with one attached hydrogen (secondary N) is 1. The van der Waals surface area contributed by atoms with Crippen LogP contribution in [0.5, 0.6) is 0 Å². The van der Waals surface area contributed by atoms with Crippen LogP contribution in [0.2, 0.25) is 0 Å². The molecule has 1 N–H and O–H groups in total. The Labute approximate surface area is 43.3 Å². The summed E-state index contributed by atoms with van der Waals surface area (Å²) in [6, 6.07) is 1.96. The van der Waals surface area contributed by atoms with E-state index in [-0.39, 0.29) is 5.92 Å². The molecule has 0 aliphatic heterocycles. The van der Waals surface area contributed by atoms with Gasteiger partial charge < -0.3 is 5.41 Å². The second-order valence-corrected chi connectivity index (χ2v) is 1.31. The summed E-state index contributed by atoms with van der Waals surface area (Å²) in [6.07, 6.45) is 1.92. The van der Waals surface area contributed by atoms with Crippen molar-refractivity contribution in [2.45, 2.75) is 13.3 Å². The van der Waals surface area contributed by atoms with Gasteiger partial charge in [0, 0.05) is 6.21 Å². The molecule has 0 saturated carbocycles. The van der Waals surface area contributed by atoms with Crippen molar-refractivity contribution in [3.05, 3.63) is 0 Å². The Kier molecular flexibility index (Phi) is 2.95. The molecule has 0 radical (unpaired) electrons. The van der Waals surface area contributed by atoms with Gasteiger partial charge in [0.2, 0.25) is 0 Å². The fourth-order valence-electron chi connectivity index (χ4n) is 0.246. The van der Waals surface area contributed by atoms with Crippen molar-refractivity contribution in [1.29, 1.82) is 10.7 Å². The summed E-state index contributed by atoms with van der Waals surface area (Å²) in [6.45, 7) is 1.89. The molecule has 0 spiro atoms. The molecule has 0 aliphatic rings. The van der Waals surface area contributed by atoms with Gasteiger partial charge in [0.05, 0.1) is 12.0 Å². The first-order valence-corrected chi connectivity index (χ1v) is 2.25. The Balaban J connectivity index is 3.43. The first-order chi connectivity index (χ1) is 3.35. The average molecular weight is 96.1 g/mol. The Morgan fingerprint density at radius 1 is 2.00 bits per heavy atom. The molecule has 0 bridgehead atoms. The molecule has 0 aromatic rings. The molecule has 0 heterocycles. The third kappa shape index (κ3) is 1.94. The average Bonchev–Trinajstić information content (AvgIpc) is 1.72. The monoisotopic (exact) mass is 96.1 g/mol. The van der Waals surface area contributed by atoms with Gasteiger partial charge in [0.1, 0.15) is 0 Å². The second kappa shape index (κ2) is 3.35. The molecule has 0 rings (SSSR count). The van der Waals surface area contributed by atoms with E-state index in [2.05, 4.69) is 0 Å². The molecule has 0 amide bonds. The van der Waals surface area contributed by atoms with Gasteiger partial charge in [-0.3, -0.25) is 0 Å². The van der Waals surface area contributed by atoms with Gasteiger partial charge >= 0.3 is 0 Å². The summed E-state index contributed by atoms with van der Waals surface area (Å²) < 4.78 is 0. The maximum Gasteiger partial charge on any atom is 0.0805 e. The summed E-state index contributed by atoms with van der Waals surface area (Å²) in [5.74, 6) is -0.167. The summed E-state index contributed by atoms with van der Waals surface area (Å²) in [7, 11) is 0. The largest absolute Gasteiger partial charge is 0.312 e. The molecular weight excluding hydrogens is 88.1 g/mol. The highest BCUT2D eigenvalue weighted by molar-refractivity contribution is 5.60. The number of nitriles is 1. The van der Waals surface area contributed by atoms with Crippen LogP contribution in [0.1, 0.15) is 13.3 Å². The number of hydrogen-bond acceptors (Lipinski definition) is 2. The van der Waals surface area contributed by atoms with Crippen LogP contribution in [0, 0.1) is 22.7 Å². The van der Waals surface area contributed by atoms with E-state index in [1.54, 1.807) is 0 Å². The molecule has 38 valence electrons. The number of rotatable bonds is 2. The Morgan fingerprint density at radius 2 is 2.57 bits per heavy atom. The van der Waals surface area contributed by atoms with E-state index in [0.717, 1.165) is 6.42 Å². The molecule has 0 aliphatic carbocycles. The van der Waals surface area contributed by atoms with Crippen molar-refractivity contribution < 1.29 is 0 Å². The maximum atomic E-state index is 8.12. The van der Waals surface area contributed by atoms with Gasteiger partial charge in [-0.25, -0.2) is 0 Å². The van der Waals surface area contributed by atoms with Crippen molar-refractivity contribution >= 4 is 6.21 Å². The highest BCUT2D eigenvalue weighted by atomic mass is 14.4. The maximum absolute atomic E-state index is 8.12. The minimum absolute atomic E-state index is 0.167. The van der Waals surface area contributed by atoms with E-state index in [4.69, 9.17) is 10.7 Å². The van der Waals surface area contributed by atoms with Crippen LogP contribution in [-0.4, -0.2) is 6.21 Å². The van der Waals surface area contributed by atoms with Crippen LogP contribution >= 0.6 is 0 Å². The van der Waals surface area contributed by atoms with Gasteiger partial charge in [0.15, 0.2) is 0 Å². The zero-order valence-electron chi connectivity index (χ0n) is 4.31. The Bertz CT molecular complexity index is 90.7. The second-order valence-electron chi connectivity index (χ2n) is 1.31. The quantitative estimate of drug-likeness (QED) is 0.515. The first kappa shape index (κ1) is 6.16. The lowest BCUT2D eigenvalue weighted by Crippen LogP contribution is -1.92. The van der Waals surface area contributed by atoms with E-state index < -0.39 is 0 Å². The van der Waals surface area contributed by atoms with Crippen molar-refractivity contribution in [3.63, 3.8) is 0 Å². The van der Waals surface area contributed by atoms with Crippen LogP contribution in [-0.2, 0) is 0 Å². The van der Waals surface area contributed by atoms with Crippen molar-refractivity contribution in [2.24, 2.45) is 5.92 Å². The van der Waals surface area contributed by atoms with Crippen molar-refractivity contribution in [3.8, 4) is 6.07 Å². The summed E-state index contributed by atoms with van der Waals surface area (Å²) in [4.78, 5) is 0. The van der Waals surface area contributed by atoms with E-state index in [1.165, 1.54) is 6.21 Å². The minimum Gasteiger partial charge on any atom is -0.312 e. The molecule has 2 nitrogen and oxygen atoms in total. The molecule has 0 fully saturated rings. The van der Waals surface area contributed by atoms with Gasteiger partial charge in [-0.2, -0.15) is 5.26 Å². The summed E-state index contributed by atoms with van der Waals surface area (Å²) >= 11 is 0. The van der Waals surface area contributed by atoms with Gasteiger partial charge in [-0.05, 0) is 6.42 Å². The zero-order chi connectivity index (χ0) is 5.70. The smallest absolute Gasteiger partial charge is 0.0805 e. The number of hydrogen-bond donors (Lipinski definition) is 1. The lowest BCUT2D eigenvalue weighted by molar-refractivity contribution is 0.841. The van der Waals surface area contributed by atoms with E-state index in [9.17, 15) is 0 Å². The number of nitrogens with zero attached hydrogens (tertiary/aromatic N) is 1. The molecule has 7 heavy (non-hydrogen) atoms. The van der Waals surface area contributed by atoms with Crippen molar-refractivity contribution in [2.75, 3.05) is 0 Å². The lowest BCUT2D eigenvalue weighted by Gasteiger charge is -1.89. The zero-order valence-corrected chi connectivity index (χ0v) is 4.31. The fraction of sp³-hybridized carbons (Fsp3) is 0.600. The van der Waals surface area contributed by atoms with E-state index in [0.29, 0.717) is 0 Å². The predicted molar refractivity (Wildman–Crippen MR) is 28.2 cm³/mol. The molecular formula is C5H8N2. The highest BCUT2D eigenvalue weighted by Gasteiger charge is 1.94. The minimum atomic E-state index is -0.167. The third-order valence-corrected chi connectivity index (χ3v) is 0.807. The van der Waals surface area contributed by atoms with Crippen LogP contribution in [0.15, 0.2) is 0 Å². The fourth-order valence-corrected chi connectivity index (χ4v) is 0.246. The van der Waals surface area contributed by atoms with Crippen molar-refractivity contribution in [1.82, 2.24) is 0 Å². The molecule has 1 atom stereocenters. The Morgan fingerprint density at radius 3 is 2.57 bits per heavy atom. The van der Waals surface area contributed by atoms with E-state index in [1.807, 2.05) is 13.0 Å². The van der Waals surface area contributed by atoms with Gasteiger partial charge in [-0.1, -0.05) is 6.92 Å². The topological polar surface area (TPSA) is 47.6 Å². The van der Waals surface area contributed by atoms with Gasteiger partial charge in [0.25, 0.3) is 0 Å².